The van der Waals surface area contributed by atoms with Gasteiger partial charge in [0.2, 0.25) is 0 Å². The van der Waals surface area contributed by atoms with Gasteiger partial charge in [0.25, 0.3) is 5.91 Å². The molecule has 114 valence electrons. The van der Waals surface area contributed by atoms with Crippen molar-refractivity contribution in [3.8, 4) is 0 Å². The lowest BCUT2D eigenvalue weighted by Crippen LogP contribution is -2.41. The average molecular weight is 308 g/mol. The molecule has 21 heavy (non-hydrogen) atoms. The van der Waals surface area contributed by atoms with E-state index in [2.05, 4.69) is 0 Å². The number of Topliss-reactive ketones (excluding diaryl/α,β-unsaturated/α-hetero) is 1. The molecule has 1 aromatic rings. The zero-order valence-electron chi connectivity index (χ0n) is 12.7. The van der Waals surface area contributed by atoms with Crippen LogP contribution < -0.4 is 0 Å². The normalized spacial score (nSPS) is 19.2. The first-order valence-electron chi connectivity index (χ1n) is 7.55. The fourth-order valence-corrected chi connectivity index (χ4v) is 3.05. The number of halogens is 1. The molecule has 0 aromatic heterocycles. The molecular weight excluding hydrogens is 286 g/mol. The Labute approximate surface area is 131 Å². The number of carbonyl (C=O) groups excluding carboxylic acids is 2. The maximum absolute atomic E-state index is 12.8. The number of ketones is 1. The Kier molecular flexibility index (Phi) is 5.40. The highest BCUT2D eigenvalue weighted by molar-refractivity contribution is 6.31. The molecule has 1 aliphatic heterocycles. The number of carbonyl (C=O) groups is 2. The molecule has 0 radical (unpaired) electrons. The van der Waals surface area contributed by atoms with E-state index in [4.69, 9.17) is 11.6 Å². The largest absolute Gasteiger partial charge is 0.335 e. The summed E-state index contributed by atoms with van der Waals surface area (Å²) in [6.07, 6.45) is 4.59. The molecule has 1 fully saturated rings. The second-order valence-corrected chi connectivity index (χ2v) is 6.28. The summed E-state index contributed by atoms with van der Waals surface area (Å²) in [5.74, 6) is 0.162. The molecule has 1 aliphatic rings. The predicted octanol–water partition coefficient (Wildman–Crippen LogP) is 4.01. The molecule has 0 spiro atoms. The lowest BCUT2D eigenvalue weighted by molar-refractivity contribution is -0.118. The van der Waals surface area contributed by atoms with Crippen LogP contribution in [0.25, 0.3) is 0 Å². The highest BCUT2D eigenvalue weighted by Gasteiger charge is 2.27. The highest BCUT2D eigenvalue weighted by atomic mass is 35.5. The van der Waals surface area contributed by atoms with Crippen molar-refractivity contribution in [1.29, 1.82) is 0 Å². The van der Waals surface area contributed by atoms with Gasteiger partial charge in [0.15, 0.2) is 0 Å². The van der Waals surface area contributed by atoms with Crippen LogP contribution in [0, 0.1) is 6.92 Å². The third-order valence-corrected chi connectivity index (χ3v) is 4.49. The lowest BCUT2D eigenvalue weighted by Gasteiger charge is -2.29. The molecule has 0 aliphatic carbocycles. The second kappa shape index (κ2) is 7.08. The van der Waals surface area contributed by atoms with Crippen LogP contribution in [0.4, 0.5) is 0 Å². The molecule has 1 saturated heterocycles. The molecular formula is C17H22ClNO2. The van der Waals surface area contributed by atoms with Crippen LogP contribution in [0.2, 0.25) is 5.02 Å². The van der Waals surface area contributed by atoms with E-state index < -0.39 is 0 Å². The molecule has 0 N–H and O–H groups in total. The number of benzene rings is 1. The van der Waals surface area contributed by atoms with Crippen molar-refractivity contribution in [1.82, 2.24) is 4.90 Å². The van der Waals surface area contributed by atoms with Gasteiger partial charge in [-0.15, -0.1) is 0 Å². The number of hydrogen-bond acceptors (Lipinski definition) is 2. The van der Waals surface area contributed by atoms with Gasteiger partial charge in [-0.1, -0.05) is 24.4 Å². The smallest absolute Gasteiger partial charge is 0.254 e. The quantitative estimate of drug-likeness (QED) is 0.846. The van der Waals surface area contributed by atoms with Crippen LogP contribution in [-0.2, 0) is 4.79 Å². The van der Waals surface area contributed by atoms with E-state index in [9.17, 15) is 9.59 Å². The zero-order valence-corrected chi connectivity index (χ0v) is 13.4. The Morgan fingerprint density at radius 2 is 2.05 bits per heavy atom. The standard InChI is InChI=1S/C17H22ClNO2/c1-12-10-14(7-8-16(12)18)17(21)19-9-5-3-4-6-15(19)11-13(2)20/h7-8,10,15H,3-6,9,11H2,1-2H3. The molecule has 1 unspecified atom stereocenters. The Morgan fingerprint density at radius 3 is 2.71 bits per heavy atom. The van der Waals surface area contributed by atoms with Gasteiger partial charge in [-0.25, -0.2) is 0 Å². The Morgan fingerprint density at radius 1 is 1.29 bits per heavy atom. The van der Waals surface area contributed by atoms with E-state index in [1.165, 1.54) is 0 Å². The van der Waals surface area contributed by atoms with Crippen LogP contribution in [0.15, 0.2) is 18.2 Å². The number of likely N-dealkylation sites (tertiary alicyclic amines) is 1. The lowest BCUT2D eigenvalue weighted by atomic mass is 10.0. The summed E-state index contributed by atoms with van der Waals surface area (Å²) in [5.41, 5.74) is 1.56. The molecule has 3 nitrogen and oxygen atoms in total. The molecule has 1 aromatic carbocycles. The predicted molar refractivity (Wildman–Crippen MR) is 84.8 cm³/mol. The van der Waals surface area contributed by atoms with E-state index in [1.54, 1.807) is 19.1 Å². The van der Waals surface area contributed by atoms with Crippen molar-refractivity contribution in [3.63, 3.8) is 0 Å². The summed E-state index contributed by atoms with van der Waals surface area (Å²) in [6, 6.07) is 5.41. The number of amides is 1. The first-order valence-corrected chi connectivity index (χ1v) is 7.93. The summed E-state index contributed by atoms with van der Waals surface area (Å²) in [7, 11) is 0. The van der Waals surface area contributed by atoms with Crippen molar-refractivity contribution in [2.75, 3.05) is 6.54 Å². The minimum atomic E-state index is 0.0166. The van der Waals surface area contributed by atoms with E-state index in [-0.39, 0.29) is 17.7 Å². The second-order valence-electron chi connectivity index (χ2n) is 5.87. The van der Waals surface area contributed by atoms with E-state index in [0.29, 0.717) is 17.0 Å². The van der Waals surface area contributed by atoms with Crippen molar-refractivity contribution in [2.24, 2.45) is 0 Å². The zero-order chi connectivity index (χ0) is 15.4. The number of nitrogens with zero attached hydrogens (tertiary/aromatic N) is 1. The first kappa shape index (κ1) is 16.0. The van der Waals surface area contributed by atoms with Crippen molar-refractivity contribution in [3.05, 3.63) is 34.3 Å². The fourth-order valence-electron chi connectivity index (χ4n) is 2.93. The van der Waals surface area contributed by atoms with Gasteiger partial charge in [0.1, 0.15) is 5.78 Å². The van der Waals surface area contributed by atoms with Gasteiger partial charge in [0, 0.05) is 29.6 Å². The topological polar surface area (TPSA) is 37.4 Å². The summed E-state index contributed by atoms with van der Waals surface area (Å²) in [4.78, 5) is 26.1. The summed E-state index contributed by atoms with van der Waals surface area (Å²) < 4.78 is 0. The van der Waals surface area contributed by atoms with E-state index in [0.717, 1.165) is 37.8 Å². The van der Waals surface area contributed by atoms with Crippen LogP contribution in [0.1, 0.15) is 54.9 Å². The fraction of sp³-hybridized carbons (Fsp3) is 0.529. The van der Waals surface area contributed by atoms with E-state index >= 15 is 0 Å². The number of aryl methyl sites for hydroxylation is 1. The monoisotopic (exact) mass is 307 g/mol. The Balaban J connectivity index is 2.23. The molecule has 4 heteroatoms. The molecule has 0 saturated carbocycles. The minimum absolute atomic E-state index is 0.0166. The highest BCUT2D eigenvalue weighted by Crippen LogP contribution is 2.23. The van der Waals surface area contributed by atoms with Crippen LogP contribution in [-0.4, -0.2) is 29.2 Å². The third-order valence-electron chi connectivity index (χ3n) is 4.07. The number of rotatable bonds is 3. The van der Waals surface area contributed by atoms with Gasteiger partial charge in [-0.05, 0) is 50.5 Å². The minimum Gasteiger partial charge on any atom is -0.335 e. The Bertz CT molecular complexity index is 542. The maximum atomic E-state index is 12.8. The SMILES string of the molecule is CC(=O)CC1CCCCCN1C(=O)c1ccc(Cl)c(C)c1. The van der Waals surface area contributed by atoms with Gasteiger partial charge >= 0.3 is 0 Å². The van der Waals surface area contributed by atoms with Gasteiger partial charge < -0.3 is 4.90 Å². The maximum Gasteiger partial charge on any atom is 0.254 e. The third kappa shape index (κ3) is 4.07. The summed E-state index contributed by atoms with van der Waals surface area (Å²) >= 11 is 6.03. The molecule has 1 heterocycles. The molecule has 1 amide bonds. The summed E-state index contributed by atoms with van der Waals surface area (Å²) in [6.45, 7) is 4.23. The van der Waals surface area contributed by atoms with E-state index in [1.807, 2.05) is 17.9 Å². The number of hydrogen-bond donors (Lipinski definition) is 0. The van der Waals surface area contributed by atoms with Crippen molar-refractivity contribution >= 4 is 23.3 Å². The Hall–Kier alpha value is -1.35. The van der Waals surface area contributed by atoms with Crippen LogP contribution >= 0.6 is 11.6 Å². The molecule has 0 bridgehead atoms. The van der Waals surface area contributed by atoms with Gasteiger partial charge in [-0.2, -0.15) is 0 Å². The first-order chi connectivity index (χ1) is 9.99. The van der Waals surface area contributed by atoms with Crippen LogP contribution in [0.3, 0.4) is 0 Å². The molecule has 1 atom stereocenters. The van der Waals surface area contributed by atoms with Gasteiger partial charge in [-0.3, -0.25) is 9.59 Å². The summed E-state index contributed by atoms with van der Waals surface area (Å²) in [5, 5.41) is 0.669. The van der Waals surface area contributed by atoms with Crippen LogP contribution in [0.5, 0.6) is 0 Å². The van der Waals surface area contributed by atoms with Crippen molar-refractivity contribution in [2.45, 2.75) is 52.0 Å². The van der Waals surface area contributed by atoms with Crippen molar-refractivity contribution < 1.29 is 9.59 Å². The van der Waals surface area contributed by atoms with Gasteiger partial charge in [0.05, 0.1) is 0 Å². The molecule has 2 rings (SSSR count). The average Bonchev–Trinajstić information content (AvgIpc) is 2.66.